The fourth-order valence-electron chi connectivity index (χ4n) is 3.55. The minimum absolute atomic E-state index is 0.0659. The minimum Gasteiger partial charge on any atom is -0.493 e. The van der Waals surface area contributed by atoms with Crippen LogP contribution in [-0.2, 0) is 0 Å². The first-order valence-electron chi connectivity index (χ1n) is 11.8. The summed E-state index contributed by atoms with van der Waals surface area (Å²) in [6, 6.07) is 22.4. The van der Waals surface area contributed by atoms with Crippen molar-refractivity contribution in [1.82, 2.24) is 15.0 Å². The zero-order valence-corrected chi connectivity index (χ0v) is 21.2. The number of Topliss-reactive ketones (excluding diaryl/α,β-unsaturated/α-hetero) is 2. The first kappa shape index (κ1) is 24.9. The molecule has 3 heterocycles. The summed E-state index contributed by atoms with van der Waals surface area (Å²) in [5.41, 5.74) is 5.06. The predicted octanol–water partition coefficient (Wildman–Crippen LogP) is 6.70. The molecule has 0 spiro atoms. The second-order valence-corrected chi connectivity index (χ2v) is 9.93. The number of carbonyl (C=O) groups is 2. The lowest BCUT2D eigenvalue weighted by atomic mass is 9.98. The molecule has 0 radical (unpaired) electrons. The summed E-state index contributed by atoms with van der Waals surface area (Å²) in [4.78, 5) is 37.7. The van der Waals surface area contributed by atoms with Crippen molar-refractivity contribution in [1.29, 1.82) is 0 Å². The summed E-state index contributed by atoms with van der Waals surface area (Å²) in [6.07, 6.45) is 0. The van der Waals surface area contributed by atoms with Crippen molar-refractivity contribution in [2.45, 2.75) is 34.6 Å². The molecule has 0 atom stereocenters. The summed E-state index contributed by atoms with van der Waals surface area (Å²) < 4.78 is 5.92. The molecule has 4 rings (SSSR count). The van der Waals surface area contributed by atoms with Crippen LogP contribution in [-0.4, -0.2) is 33.1 Å². The second-order valence-electron chi connectivity index (χ2n) is 9.93. The van der Waals surface area contributed by atoms with E-state index >= 15 is 0 Å². The van der Waals surface area contributed by atoms with Gasteiger partial charge >= 0.3 is 0 Å². The lowest BCUT2D eigenvalue weighted by molar-refractivity contribution is 0.100. The number of pyridine rings is 3. The van der Waals surface area contributed by atoms with Crippen LogP contribution in [0.5, 0.6) is 5.75 Å². The largest absolute Gasteiger partial charge is 0.493 e. The monoisotopic (exact) mass is 479 g/mol. The van der Waals surface area contributed by atoms with Crippen LogP contribution in [0.4, 0.5) is 0 Å². The van der Waals surface area contributed by atoms with E-state index in [9.17, 15) is 9.59 Å². The van der Waals surface area contributed by atoms with Gasteiger partial charge in [-0.3, -0.25) is 9.59 Å². The smallest absolute Gasteiger partial charge is 0.178 e. The Hall–Kier alpha value is -4.19. The van der Waals surface area contributed by atoms with Crippen LogP contribution in [0.2, 0.25) is 0 Å². The van der Waals surface area contributed by atoms with Crippen molar-refractivity contribution in [3.63, 3.8) is 0 Å². The summed E-state index contributed by atoms with van der Waals surface area (Å²) in [6.45, 7) is 9.99. The van der Waals surface area contributed by atoms with Gasteiger partial charge in [0.15, 0.2) is 11.6 Å². The lowest BCUT2D eigenvalue weighted by Gasteiger charge is -2.19. The van der Waals surface area contributed by atoms with Gasteiger partial charge in [0.1, 0.15) is 17.1 Å². The molecule has 0 bridgehead atoms. The molecule has 36 heavy (non-hydrogen) atoms. The number of rotatable bonds is 7. The molecule has 6 nitrogen and oxygen atoms in total. The van der Waals surface area contributed by atoms with Crippen LogP contribution in [0.25, 0.3) is 33.9 Å². The van der Waals surface area contributed by atoms with Crippen LogP contribution in [0.1, 0.15) is 55.6 Å². The summed E-state index contributed by atoms with van der Waals surface area (Å²) in [5, 5.41) is 0. The first-order valence-corrected chi connectivity index (χ1v) is 11.8. The molecule has 3 aromatic heterocycles. The zero-order valence-electron chi connectivity index (χ0n) is 21.2. The number of benzene rings is 1. The lowest BCUT2D eigenvalue weighted by Crippen LogP contribution is -2.16. The van der Waals surface area contributed by atoms with Gasteiger partial charge in [0.2, 0.25) is 0 Å². The van der Waals surface area contributed by atoms with E-state index in [1.54, 1.807) is 24.3 Å². The van der Waals surface area contributed by atoms with Gasteiger partial charge < -0.3 is 4.74 Å². The summed E-state index contributed by atoms with van der Waals surface area (Å²) in [5.74, 6) is 0.569. The highest BCUT2D eigenvalue weighted by molar-refractivity contribution is 5.93. The van der Waals surface area contributed by atoms with Gasteiger partial charge in [-0.1, -0.05) is 45.0 Å². The van der Waals surface area contributed by atoms with Crippen LogP contribution in [0, 0.1) is 5.41 Å². The fourth-order valence-corrected chi connectivity index (χ4v) is 3.55. The van der Waals surface area contributed by atoms with Gasteiger partial charge in [-0.2, -0.15) is 0 Å². The molecule has 0 saturated carbocycles. The molecule has 0 unspecified atom stereocenters. The Morgan fingerprint density at radius 1 is 0.667 bits per heavy atom. The number of hydrogen-bond donors (Lipinski definition) is 0. The Morgan fingerprint density at radius 3 is 1.61 bits per heavy atom. The van der Waals surface area contributed by atoms with E-state index in [0.29, 0.717) is 40.8 Å². The number of carbonyl (C=O) groups excluding carboxylic acids is 2. The van der Waals surface area contributed by atoms with Crippen LogP contribution in [0.15, 0.2) is 72.8 Å². The Morgan fingerprint density at radius 2 is 1.17 bits per heavy atom. The zero-order chi connectivity index (χ0) is 25.9. The minimum atomic E-state index is -0.116. The highest BCUT2D eigenvalue weighted by Crippen LogP contribution is 2.30. The van der Waals surface area contributed by atoms with Crippen LogP contribution in [0.3, 0.4) is 0 Å². The van der Waals surface area contributed by atoms with E-state index in [1.165, 1.54) is 13.8 Å². The average molecular weight is 480 g/mol. The van der Waals surface area contributed by atoms with Crippen molar-refractivity contribution in [3.8, 4) is 39.7 Å². The van der Waals surface area contributed by atoms with Gasteiger partial charge in [-0.25, -0.2) is 15.0 Å². The Labute approximate surface area is 211 Å². The number of aromatic nitrogens is 3. The predicted molar refractivity (Wildman–Crippen MR) is 141 cm³/mol. The van der Waals surface area contributed by atoms with E-state index in [1.807, 2.05) is 48.5 Å². The molecular formula is C30H29N3O3. The third-order valence-electron chi connectivity index (χ3n) is 5.43. The Balaban J connectivity index is 1.80. The van der Waals surface area contributed by atoms with E-state index in [-0.39, 0.29) is 17.0 Å². The van der Waals surface area contributed by atoms with Crippen molar-refractivity contribution in [2.75, 3.05) is 6.61 Å². The van der Waals surface area contributed by atoms with Crippen molar-refractivity contribution >= 4 is 11.6 Å². The molecule has 0 aliphatic rings. The van der Waals surface area contributed by atoms with E-state index in [4.69, 9.17) is 9.72 Å². The maximum absolute atomic E-state index is 11.9. The van der Waals surface area contributed by atoms with Crippen molar-refractivity contribution < 1.29 is 14.3 Å². The number of ketones is 2. The molecule has 6 heteroatoms. The molecule has 0 fully saturated rings. The normalized spacial score (nSPS) is 11.2. The molecule has 0 saturated heterocycles. The van der Waals surface area contributed by atoms with E-state index in [0.717, 1.165) is 16.9 Å². The number of nitrogens with zero attached hydrogens (tertiary/aromatic N) is 3. The third-order valence-corrected chi connectivity index (χ3v) is 5.43. The van der Waals surface area contributed by atoms with Gasteiger partial charge in [-0.15, -0.1) is 0 Å². The fraction of sp³-hybridized carbons (Fsp3) is 0.233. The highest BCUT2D eigenvalue weighted by atomic mass is 16.5. The standard InChI is InChI=1S/C30H29N3O3/c1-19(34)24-8-6-10-26(31-24)28-16-22(21-12-14-23(15-13-21)36-18-30(3,4)5)17-29(33-28)27-11-7-9-25(32-27)20(2)35/h6-17H,18H2,1-5H3. The number of ether oxygens (including phenoxy) is 1. The Kier molecular flexibility index (Phi) is 7.06. The molecule has 1 aromatic carbocycles. The molecule has 0 amide bonds. The average Bonchev–Trinajstić information content (AvgIpc) is 2.87. The molecule has 0 aliphatic heterocycles. The van der Waals surface area contributed by atoms with Gasteiger partial charge in [-0.05, 0) is 65.1 Å². The molecule has 0 N–H and O–H groups in total. The summed E-state index contributed by atoms with van der Waals surface area (Å²) in [7, 11) is 0. The van der Waals surface area contributed by atoms with E-state index in [2.05, 4.69) is 30.7 Å². The topological polar surface area (TPSA) is 82.0 Å². The van der Waals surface area contributed by atoms with E-state index < -0.39 is 0 Å². The third kappa shape index (κ3) is 6.08. The van der Waals surface area contributed by atoms with Gasteiger partial charge in [0.05, 0.1) is 29.4 Å². The van der Waals surface area contributed by atoms with Gasteiger partial charge in [0, 0.05) is 13.8 Å². The quantitative estimate of drug-likeness (QED) is 0.274. The first-order chi connectivity index (χ1) is 17.1. The van der Waals surface area contributed by atoms with Crippen LogP contribution < -0.4 is 4.74 Å². The molecule has 4 aromatic rings. The Bertz CT molecular complexity index is 1340. The SMILES string of the molecule is CC(=O)c1cccc(-c2cc(-c3ccc(OCC(C)(C)C)cc3)cc(-c3cccc(C(C)=O)n3)n2)n1. The maximum Gasteiger partial charge on any atom is 0.178 e. The molecular weight excluding hydrogens is 450 g/mol. The highest BCUT2D eigenvalue weighted by Gasteiger charge is 2.14. The molecule has 182 valence electrons. The van der Waals surface area contributed by atoms with Gasteiger partial charge in [0.25, 0.3) is 0 Å². The number of hydrogen-bond acceptors (Lipinski definition) is 6. The van der Waals surface area contributed by atoms with Crippen LogP contribution >= 0.6 is 0 Å². The second kappa shape index (κ2) is 10.2. The molecule has 0 aliphatic carbocycles. The maximum atomic E-state index is 11.9. The van der Waals surface area contributed by atoms with Crippen molar-refractivity contribution in [3.05, 3.63) is 84.2 Å². The van der Waals surface area contributed by atoms with Crippen molar-refractivity contribution in [2.24, 2.45) is 5.41 Å². The summed E-state index contributed by atoms with van der Waals surface area (Å²) >= 11 is 0.